The Kier molecular flexibility index (Phi) is 10.8. The lowest BCUT2D eigenvalue weighted by Crippen LogP contribution is -2.06. The summed E-state index contributed by atoms with van der Waals surface area (Å²) in [5.74, 6) is -0.0616. The molecule has 32 heavy (non-hydrogen) atoms. The van der Waals surface area contributed by atoms with Crippen molar-refractivity contribution in [1.82, 2.24) is 4.98 Å². The number of hydrogen-bond acceptors (Lipinski definition) is 5. The molecule has 0 aliphatic rings. The number of allylic oxidation sites excluding steroid dienone is 1. The van der Waals surface area contributed by atoms with Crippen molar-refractivity contribution in [2.45, 2.75) is 65.0 Å². The van der Waals surface area contributed by atoms with Crippen molar-refractivity contribution < 1.29 is 9.13 Å². The third kappa shape index (κ3) is 7.38. The summed E-state index contributed by atoms with van der Waals surface area (Å²) in [4.78, 5) is 8.96. The van der Waals surface area contributed by atoms with Crippen molar-refractivity contribution >= 4 is 40.8 Å². The van der Waals surface area contributed by atoms with Crippen LogP contribution in [0.5, 0.6) is 5.75 Å². The molecule has 0 spiro atoms. The van der Waals surface area contributed by atoms with Crippen LogP contribution >= 0.6 is 23.2 Å². The van der Waals surface area contributed by atoms with Crippen LogP contribution in [0.3, 0.4) is 0 Å². The average Bonchev–Trinajstić information content (AvgIpc) is 2.78. The summed E-state index contributed by atoms with van der Waals surface area (Å²) in [5, 5.41) is 0.221. The molecule has 1 heterocycles. The van der Waals surface area contributed by atoms with Crippen LogP contribution in [0.2, 0.25) is 10.0 Å². The number of anilines is 1. The quantitative estimate of drug-likeness (QED) is 0.198. The van der Waals surface area contributed by atoms with Gasteiger partial charge in [0.1, 0.15) is 12.4 Å². The lowest BCUT2D eigenvalue weighted by atomic mass is 10.0. The molecule has 2 rings (SSSR count). The smallest absolute Gasteiger partial charge is 0.166 e. The molecule has 174 valence electrons. The minimum atomic E-state index is -0.570. The number of rotatable bonds is 12. The maximum Gasteiger partial charge on any atom is 0.166 e. The molecule has 1 atom stereocenters. The van der Waals surface area contributed by atoms with Gasteiger partial charge in [0.05, 0.1) is 5.02 Å². The Balaban J connectivity index is 2.18. The van der Waals surface area contributed by atoms with E-state index in [1.807, 2.05) is 0 Å². The lowest BCUT2D eigenvalue weighted by molar-refractivity contribution is 0.306. The van der Waals surface area contributed by atoms with E-state index in [1.165, 1.54) is 31.2 Å². The monoisotopic (exact) mass is 480 g/mol. The normalized spacial score (nSPS) is 13.0. The van der Waals surface area contributed by atoms with Gasteiger partial charge >= 0.3 is 0 Å². The molecule has 1 aromatic heterocycles. The summed E-state index contributed by atoms with van der Waals surface area (Å²) < 4.78 is 19.5. The minimum absolute atomic E-state index is 0.0590. The Morgan fingerprint density at radius 2 is 2.00 bits per heavy atom. The van der Waals surface area contributed by atoms with Crippen LogP contribution in [0.25, 0.3) is 5.57 Å². The van der Waals surface area contributed by atoms with Crippen molar-refractivity contribution in [2.24, 2.45) is 10.7 Å². The molecule has 4 N–H and O–H groups in total. The Morgan fingerprint density at radius 3 is 2.69 bits per heavy atom. The van der Waals surface area contributed by atoms with Crippen molar-refractivity contribution in [3.63, 3.8) is 0 Å². The van der Waals surface area contributed by atoms with Gasteiger partial charge in [0.2, 0.25) is 0 Å². The first-order valence-corrected chi connectivity index (χ1v) is 11.6. The van der Waals surface area contributed by atoms with Gasteiger partial charge in [-0.2, -0.15) is 0 Å². The number of aromatic nitrogens is 1. The van der Waals surface area contributed by atoms with E-state index in [0.717, 1.165) is 25.7 Å². The van der Waals surface area contributed by atoms with Crippen LogP contribution in [0.15, 0.2) is 35.6 Å². The maximum absolute atomic E-state index is 13.8. The second kappa shape index (κ2) is 13.3. The van der Waals surface area contributed by atoms with E-state index >= 15 is 0 Å². The molecule has 0 bridgehead atoms. The molecule has 0 saturated carbocycles. The first-order chi connectivity index (χ1) is 15.4. The second-order valence-corrected chi connectivity index (χ2v) is 8.34. The highest BCUT2D eigenvalue weighted by atomic mass is 35.5. The molecule has 0 saturated heterocycles. The van der Waals surface area contributed by atoms with Crippen LogP contribution in [0.4, 0.5) is 10.2 Å². The summed E-state index contributed by atoms with van der Waals surface area (Å²) in [5.41, 5.74) is 13.6. The summed E-state index contributed by atoms with van der Waals surface area (Å²) in [7, 11) is 0. The van der Waals surface area contributed by atoms with Crippen molar-refractivity contribution in [1.29, 1.82) is 0 Å². The first-order valence-electron chi connectivity index (χ1n) is 10.9. The number of nitrogen functional groups attached to an aromatic ring is 1. The lowest BCUT2D eigenvalue weighted by Gasteiger charge is -2.13. The Labute approximate surface area is 199 Å². The largest absolute Gasteiger partial charge is 0.485 e. The maximum atomic E-state index is 13.8. The van der Waals surface area contributed by atoms with Crippen LogP contribution in [-0.2, 0) is 6.61 Å². The third-order valence-corrected chi connectivity index (χ3v) is 5.86. The molecule has 0 radical (unpaired) electrons. The molecule has 2 aromatic rings. The topological polar surface area (TPSA) is 86.5 Å². The summed E-state index contributed by atoms with van der Waals surface area (Å²) >= 11 is 12.2. The Hall–Kier alpha value is -2.31. The highest BCUT2D eigenvalue weighted by molar-refractivity contribution is 6.36. The SMILES string of the molecule is CCCCCC(CCC)N=CC(=CN)c1cnc(N)c(OCc2c(Cl)ccc(F)c2Cl)c1. The van der Waals surface area contributed by atoms with Gasteiger partial charge in [-0.25, -0.2) is 9.37 Å². The molecule has 5 nitrogen and oxygen atoms in total. The summed E-state index contributed by atoms with van der Waals surface area (Å²) in [6, 6.07) is 4.62. The van der Waals surface area contributed by atoms with Gasteiger partial charge < -0.3 is 16.2 Å². The predicted octanol–water partition coefficient (Wildman–Crippen LogP) is 6.81. The number of ether oxygens (including phenoxy) is 1. The average molecular weight is 481 g/mol. The van der Waals surface area contributed by atoms with Crippen LogP contribution in [0.1, 0.15) is 63.5 Å². The number of pyridine rings is 1. The standard InChI is InChI=1S/C24H31Cl2FN4O/c1-3-5-6-8-18(7-4-2)30-14-17(12-28)16-11-22(24(29)31-13-16)32-15-19-20(25)9-10-21(27)23(19)26/h9-14,18H,3-8,15,28H2,1-2H3,(H2,29,31). The van der Waals surface area contributed by atoms with Crippen molar-refractivity contribution in [2.75, 3.05) is 5.73 Å². The van der Waals surface area contributed by atoms with Crippen LogP contribution in [-0.4, -0.2) is 17.2 Å². The third-order valence-electron chi connectivity index (χ3n) is 5.09. The zero-order chi connectivity index (χ0) is 23.5. The number of aliphatic imine (C=N–C) groups is 1. The van der Waals surface area contributed by atoms with Gasteiger partial charge in [0, 0.05) is 46.4 Å². The molecule has 8 heteroatoms. The summed E-state index contributed by atoms with van der Waals surface area (Å²) in [6.07, 6.45) is 11.6. The van der Waals surface area contributed by atoms with E-state index in [4.69, 9.17) is 44.4 Å². The number of hydrogen-bond donors (Lipinski definition) is 2. The minimum Gasteiger partial charge on any atom is -0.485 e. The fraction of sp³-hybridized carbons (Fsp3) is 0.417. The van der Waals surface area contributed by atoms with E-state index in [1.54, 1.807) is 18.5 Å². The number of nitrogens with zero attached hydrogens (tertiary/aromatic N) is 2. The predicted molar refractivity (Wildman–Crippen MR) is 133 cm³/mol. The fourth-order valence-corrected chi connectivity index (χ4v) is 3.72. The number of unbranched alkanes of at least 4 members (excludes halogenated alkanes) is 2. The molecule has 1 aromatic carbocycles. The van der Waals surface area contributed by atoms with E-state index in [9.17, 15) is 4.39 Å². The molecular weight excluding hydrogens is 450 g/mol. The van der Waals surface area contributed by atoms with E-state index in [0.29, 0.717) is 27.5 Å². The Bertz CT molecular complexity index is 950. The molecule has 0 aliphatic carbocycles. The van der Waals surface area contributed by atoms with Crippen molar-refractivity contribution in [3.8, 4) is 5.75 Å². The van der Waals surface area contributed by atoms with Gasteiger partial charge in [-0.1, -0.05) is 62.7 Å². The molecule has 0 aliphatic heterocycles. The highest BCUT2D eigenvalue weighted by Gasteiger charge is 2.14. The zero-order valence-corrected chi connectivity index (χ0v) is 20.1. The van der Waals surface area contributed by atoms with Gasteiger partial charge in [-0.15, -0.1) is 0 Å². The van der Waals surface area contributed by atoms with Crippen molar-refractivity contribution in [3.05, 3.63) is 57.6 Å². The second-order valence-electron chi connectivity index (χ2n) is 7.56. The van der Waals surface area contributed by atoms with E-state index < -0.39 is 5.82 Å². The van der Waals surface area contributed by atoms with Gasteiger partial charge in [0.25, 0.3) is 0 Å². The number of halogens is 3. The Morgan fingerprint density at radius 1 is 1.22 bits per heavy atom. The molecule has 0 fully saturated rings. The van der Waals surface area contributed by atoms with Crippen LogP contribution < -0.4 is 16.2 Å². The molecule has 0 amide bonds. The summed E-state index contributed by atoms with van der Waals surface area (Å²) in [6.45, 7) is 4.29. The number of benzene rings is 1. The van der Waals surface area contributed by atoms with Gasteiger partial charge in [0.15, 0.2) is 11.6 Å². The number of nitrogens with two attached hydrogens (primary N) is 2. The highest BCUT2D eigenvalue weighted by Crippen LogP contribution is 2.30. The molecule has 1 unspecified atom stereocenters. The van der Waals surface area contributed by atoms with E-state index in [-0.39, 0.29) is 23.5 Å². The van der Waals surface area contributed by atoms with E-state index in [2.05, 4.69) is 18.8 Å². The van der Waals surface area contributed by atoms with Gasteiger partial charge in [-0.3, -0.25) is 4.99 Å². The first kappa shape index (κ1) is 25.9. The molecular formula is C24H31Cl2FN4O. The zero-order valence-electron chi connectivity index (χ0n) is 18.6. The van der Waals surface area contributed by atoms with Gasteiger partial charge in [-0.05, 0) is 31.0 Å². The van der Waals surface area contributed by atoms with Crippen LogP contribution in [0, 0.1) is 5.82 Å². The fourth-order valence-electron chi connectivity index (χ4n) is 3.24.